The van der Waals surface area contributed by atoms with Gasteiger partial charge in [0.2, 0.25) is 0 Å². The normalized spacial score (nSPS) is 16.7. The molecule has 2 amide bonds. The molecule has 0 aliphatic carbocycles. The second-order valence-corrected chi connectivity index (χ2v) is 8.12. The van der Waals surface area contributed by atoms with Crippen molar-refractivity contribution in [3.63, 3.8) is 0 Å². The minimum Gasteiger partial charge on any atom is -0.478 e. The van der Waals surface area contributed by atoms with Crippen molar-refractivity contribution >= 4 is 32.9 Å². The van der Waals surface area contributed by atoms with Gasteiger partial charge in [-0.2, -0.15) is 0 Å². The number of nitrogens with zero attached hydrogens (tertiary/aromatic N) is 3. The molecule has 0 saturated carbocycles. The smallest absolute Gasteiger partial charge is 0.335 e. The standard InChI is InChI=1S/C15H18N4O5S/c20-14(21)11-1-2-13-12(9-11)17-10-19(13)4-3-16-15(22)18-5-7-25(23,24)8-6-18/h1-2,9-10H,3-8H2,(H,16,22)(H,20,21). The van der Waals surface area contributed by atoms with Gasteiger partial charge < -0.3 is 19.9 Å². The van der Waals surface area contributed by atoms with Gasteiger partial charge >= 0.3 is 12.0 Å². The topological polar surface area (TPSA) is 122 Å². The number of benzene rings is 1. The third-order valence-electron chi connectivity index (χ3n) is 4.13. The van der Waals surface area contributed by atoms with Crippen LogP contribution in [0.4, 0.5) is 4.79 Å². The number of aromatic nitrogens is 2. The molecule has 134 valence electrons. The fraction of sp³-hybridized carbons (Fsp3) is 0.400. The van der Waals surface area contributed by atoms with E-state index in [1.54, 1.807) is 12.4 Å². The van der Waals surface area contributed by atoms with Crippen LogP contribution in [-0.4, -0.2) is 71.1 Å². The number of aromatic carboxylic acids is 1. The van der Waals surface area contributed by atoms with E-state index in [9.17, 15) is 18.0 Å². The summed E-state index contributed by atoms with van der Waals surface area (Å²) in [5.74, 6) is -1.01. The van der Waals surface area contributed by atoms with Crippen molar-refractivity contribution in [3.05, 3.63) is 30.1 Å². The van der Waals surface area contributed by atoms with Crippen LogP contribution in [0.3, 0.4) is 0 Å². The van der Waals surface area contributed by atoms with Crippen LogP contribution in [-0.2, 0) is 16.4 Å². The number of hydrogen-bond acceptors (Lipinski definition) is 5. The zero-order valence-corrected chi connectivity index (χ0v) is 14.2. The summed E-state index contributed by atoms with van der Waals surface area (Å²) in [5, 5.41) is 11.7. The molecule has 25 heavy (non-hydrogen) atoms. The lowest BCUT2D eigenvalue weighted by molar-refractivity contribution is 0.0697. The first-order valence-corrected chi connectivity index (χ1v) is 9.59. The van der Waals surface area contributed by atoms with Crippen LogP contribution in [0, 0.1) is 0 Å². The van der Waals surface area contributed by atoms with E-state index < -0.39 is 15.8 Å². The summed E-state index contributed by atoms with van der Waals surface area (Å²) >= 11 is 0. The molecule has 2 heterocycles. The van der Waals surface area contributed by atoms with E-state index in [4.69, 9.17) is 5.11 Å². The summed E-state index contributed by atoms with van der Waals surface area (Å²) < 4.78 is 24.6. The highest BCUT2D eigenvalue weighted by Crippen LogP contribution is 2.15. The fourth-order valence-corrected chi connectivity index (χ4v) is 3.89. The first-order valence-electron chi connectivity index (χ1n) is 7.77. The van der Waals surface area contributed by atoms with Gasteiger partial charge in [-0.25, -0.2) is 23.0 Å². The molecule has 1 aliphatic heterocycles. The lowest BCUT2D eigenvalue weighted by Gasteiger charge is -2.26. The van der Waals surface area contributed by atoms with Gasteiger partial charge in [0, 0.05) is 26.2 Å². The van der Waals surface area contributed by atoms with Crippen molar-refractivity contribution in [2.24, 2.45) is 0 Å². The highest BCUT2D eigenvalue weighted by molar-refractivity contribution is 7.91. The van der Waals surface area contributed by atoms with Gasteiger partial charge in [-0.05, 0) is 18.2 Å². The van der Waals surface area contributed by atoms with Gasteiger partial charge in [0.15, 0.2) is 9.84 Å². The molecule has 0 unspecified atom stereocenters. The average Bonchev–Trinajstić information content (AvgIpc) is 2.97. The predicted molar refractivity (Wildman–Crippen MR) is 90.3 cm³/mol. The molecule has 1 fully saturated rings. The van der Waals surface area contributed by atoms with Crippen LogP contribution in [0.25, 0.3) is 11.0 Å². The summed E-state index contributed by atoms with van der Waals surface area (Å²) in [6, 6.07) is 4.41. The Kier molecular flexibility index (Phi) is 4.62. The molecule has 1 aromatic heterocycles. The third kappa shape index (κ3) is 3.90. The average molecular weight is 366 g/mol. The second kappa shape index (κ2) is 6.71. The Bertz CT molecular complexity index is 907. The molecule has 1 saturated heterocycles. The van der Waals surface area contributed by atoms with Crippen molar-refractivity contribution in [1.29, 1.82) is 0 Å². The maximum atomic E-state index is 12.1. The molecule has 1 aliphatic rings. The number of carbonyl (C=O) groups is 2. The third-order valence-corrected chi connectivity index (χ3v) is 5.74. The number of carboxylic acids is 1. The molecule has 0 bridgehead atoms. The van der Waals surface area contributed by atoms with Gasteiger partial charge in [0.1, 0.15) is 0 Å². The monoisotopic (exact) mass is 366 g/mol. The lowest BCUT2D eigenvalue weighted by Crippen LogP contribution is -2.48. The minimum atomic E-state index is -3.02. The Morgan fingerprint density at radius 1 is 1.24 bits per heavy atom. The lowest BCUT2D eigenvalue weighted by atomic mass is 10.2. The summed E-state index contributed by atoms with van der Waals surface area (Å²) in [6.07, 6.45) is 1.59. The fourth-order valence-electron chi connectivity index (χ4n) is 2.69. The van der Waals surface area contributed by atoms with Crippen LogP contribution in [0.15, 0.2) is 24.5 Å². The predicted octanol–water partition coefficient (Wildman–Crippen LogP) is 0.175. The molecule has 0 atom stereocenters. The van der Waals surface area contributed by atoms with Crippen molar-refractivity contribution < 1.29 is 23.1 Å². The number of rotatable bonds is 4. The quantitative estimate of drug-likeness (QED) is 0.796. The molecule has 9 nitrogen and oxygen atoms in total. The highest BCUT2D eigenvalue weighted by atomic mass is 32.2. The van der Waals surface area contributed by atoms with Crippen LogP contribution in [0.5, 0.6) is 0 Å². The van der Waals surface area contributed by atoms with Gasteiger partial charge in [-0.1, -0.05) is 0 Å². The molecular weight excluding hydrogens is 348 g/mol. The zero-order valence-electron chi connectivity index (χ0n) is 13.4. The highest BCUT2D eigenvalue weighted by Gasteiger charge is 2.24. The zero-order chi connectivity index (χ0) is 18.0. The Morgan fingerprint density at radius 2 is 1.96 bits per heavy atom. The number of carbonyl (C=O) groups excluding carboxylic acids is 1. The summed E-state index contributed by atoms with van der Waals surface area (Å²) in [4.78, 5) is 28.7. The van der Waals surface area contributed by atoms with Gasteiger partial charge in [-0.3, -0.25) is 0 Å². The number of carboxylic acid groups (broad SMARTS) is 1. The van der Waals surface area contributed by atoms with Gasteiger partial charge in [0.05, 0.1) is 34.4 Å². The van der Waals surface area contributed by atoms with Crippen LogP contribution in [0.2, 0.25) is 0 Å². The molecule has 1 aromatic carbocycles. The van der Waals surface area contributed by atoms with Crippen molar-refractivity contribution in [3.8, 4) is 0 Å². The molecule has 3 rings (SSSR count). The largest absolute Gasteiger partial charge is 0.478 e. The first kappa shape index (κ1) is 17.2. The number of urea groups is 1. The number of amides is 2. The van der Waals surface area contributed by atoms with E-state index in [0.29, 0.717) is 18.6 Å². The van der Waals surface area contributed by atoms with Crippen molar-refractivity contribution in [2.45, 2.75) is 6.54 Å². The Morgan fingerprint density at radius 3 is 2.64 bits per heavy atom. The van der Waals surface area contributed by atoms with E-state index in [2.05, 4.69) is 10.3 Å². The van der Waals surface area contributed by atoms with Crippen molar-refractivity contribution in [1.82, 2.24) is 19.8 Å². The van der Waals surface area contributed by atoms with E-state index in [-0.39, 0.29) is 36.2 Å². The maximum absolute atomic E-state index is 12.1. The maximum Gasteiger partial charge on any atom is 0.335 e. The molecule has 0 radical (unpaired) electrons. The Hall–Kier alpha value is -2.62. The van der Waals surface area contributed by atoms with E-state index in [0.717, 1.165) is 5.52 Å². The number of sulfone groups is 1. The molecule has 0 spiro atoms. The molecule has 10 heteroatoms. The number of fused-ring (bicyclic) bond motifs is 1. The number of imidazole rings is 1. The van der Waals surface area contributed by atoms with E-state index in [1.807, 2.05) is 4.57 Å². The molecule has 2 N–H and O–H groups in total. The molecular formula is C15H18N4O5S. The number of nitrogens with one attached hydrogen (secondary N) is 1. The van der Waals surface area contributed by atoms with Gasteiger partial charge in [0.25, 0.3) is 0 Å². The second-order valence-electron chi connectivity index (χ2n) is 5.82. The Labute approximate surface area is 144 Å². The molecule has 2 aromatic rings. The van der Waals surface area contributed by atoms with Crippen molar-refractivity contribution in [2.75, 3.05) is 31.1 Å². The van der Waals surface area contributed by atoms with Gasteiger partial charge in [-0.15, -0.1) is 0 Å². The Balaban J connectivity index is 1.56. The summed E-state index contributed by atoms with van der Waals surface area (Å²) in [6.45, 7) is 1.25. The minimum absolute atomic E-state index is 0.00150. The number of hydrogen-bond donors (Lipinski definition) is 2. The van der Waals surface area contributed by atoms with Crippen LogP contribution >= 0.6 is 0 Å². The first-order chi connectivity index (χ1) is 11.9. The SMILES string of the molecule is O=C(O)c1ccc2c(c1)ncn2CCNC(=O)N1CCS(=O)(=O)CC1. The summed E-state index contributed by atoms with van der Waals surface area (Å²) in [7, 11) is -3.02. The van der Waals surface area contributed by atoms with E-state index in [1.165, 1.54) is 17.0 Å². The van der Waals surface area contributed by atoms with Crippen LogP contribution in [0.1, 0.15) is 10.4 Å². The van der Waals surface area contributed by atoms with E-state index >= 15 is 0 Å². The van der Waals surface area contributed by atoms with Crippen LogP contribution < -0.4 is 5.32 Å². The summed E-state index contributed by atoms with van der Waals surface area (Å²) in [5.41, 5.74) is 1.53.